The van der Waals surface area contributed by atoms with Crippen molar-refractivity contribution in [2.75, 3.05) is 20.1 Å². The van der Waals surface area contributed by atoms with E-state index >= 15 is 0 Å². The van der Waals surface area contributed by atoms with Crippen LogP contribution in [0.2, 0.25) is 0 Å². The van der Waals surface area contributed by atoms with Gasteiger partial charge in [-0.15, -0.1) is 11.3 Å². The molecular formula is C18H26N4S. The lowest BCUT2D eigenvalue weighted by molar-refractivity contribution is 0.697. The number of guanidine groups is 1. The van der Waals surface area contributed by atoms with Crippen LogP contribution >= 0.6 is 11.3 Å². The largest absolute Gasteiger partial charge is 0.356 e. The number of hydrogen-bond acceptors (Lipinski definition) is 3. The zero-order valence-corrected chi connectivity index (χ0v) is 15.2. The maximum absolute atomic E-state index is 4.57. The van der Waals surface area contributed by atoms with Gasteiger partial charge in [0.05, 0.1) is 10.7 Å². The minimum Gasteiger partial charge on any atom is -0.356 e. The summed E-state index contributed by atoms with van der Waals surface area (Å²) >= 11 is 1.78. The predicted molar refractivity (Wildman–Crippen MR) is 99.5 cm³/mol. The van der Waals surface area contributed by atoms with Crippen LogP contribution in [-0.4, -0.2) is 31.1 Å². The Morgan fingerprint density at radius 3 is 2.57 bits per heavy atom. The van der Waals surface area contributed by atoms with Crippen LogP contribution in [0.4, 0.5) is 0 Å². The van der Waals surface area contributed by atoms with Crippen LogP contribution in [0, 0.1) is 13.8 Å². The fourth-order valence-electron chi connectivity index (χ4n) is 2.30. The highest BCUT2D eigenvalue weighted by Gasteiger charge is 2.07. The van der Waals surface area contributed by atoms with Gasteiger partial charge in [0, 0.05) is 31.4 Å². The van der Waals surface area contributed by atoms with Gasteiger partial charge in [-0.3, -0.25) is 4.99 Å². The molecule has 1 aromatic carbocycles. The lowest BCUT2D eigenvalue weighted by Gasteiger charge is -2.16. The van der Waals surface area contributed by atoms with E-state index in [-0.39, 0.29) is 0 Å². The molecule has 0 bridgehead atoms. The van der Waals surface area contributed by atoms with Crippen molar-refractivity contribution in [2.24, 2.45) is 4.99 Å². The van der Waals surface area contributed by atoms with Crippen molar-refractivity contribution in [3.63, 3.8) is 0 Å². The van der Waals surface area contributed by atoms with Crippen LogP contribution in [0.5, 0.6) is 0 Å². The average Bonchev–Trinajstić information content (AvgIpc) is 2.89. The molecule has 2 aromatic rings. The second-order valence-electron chi connectivity index (χ2n) is 5.69. The lowest BCUT2D eigenvalue weighted by Crippen LogP contribution is -2.39. The molecule has 0 spiro atoms. The Bertz CT molecular complexity index is 614. The van der Waals surface area contributed by atoms with Crippen LogP contribution in [0.25, 0.3) is 0 Å². The molecule has 2 N–H and O–H groups in total. The third-order valence-electron chi connectivity index (χ3n) is 3.87. The van der Waals surface area contributed by atoms with Crippen molar-refractivity contribution in [2.45, 2.75) is 33.1 Å². The van der Waals surface area contributed by atoms with E-state index in [0.29, 0.717) is 5.92 Å². The SMILES string of the molecule is CN=C(NCCc1nc(C)c(C)s1)NCC(C)c1ccccc1. The minimum atomic E-state index is 0.444. The van der Waals surface area contributed by atoms with Crippen molar-refractivity contribution < 1.29 is 0 Å². The van der Waals surface area contributed by atoms with Gasteiger partial charge in [0.2, 0.25) is 0 Å². The summed E-state index contributed by atoms with van der Waals surface area (Å²) in [5.41, 5.74) is 2.48. The zero-order chi connectivity index (χ0) is 16.7. The normalized spacial score (nSPS) is 13.0. The van der Waals surface area contributed by atoms with E-state index in [0.717, 1.165) is 31.2 Å². The molecule has 0 saturated heterocycles. The Balaban J connectivity index is 1.75. The summed E-state index contributed by atoms with van der Waals surface area (Å²) in [6.07, 6.45) is 0.925. The van der Waals surface area contributed by atoms with Crippen LogP contribution in [0.3, 0.4) is 0 Å². The second-order valence-corrected chi connectivity index (χ2v) is 6.98. The number of aryl methyl sites for hydroxylation is 2. The molecule has 124 valence electrons. The molecule has 0 fully saturated rings. The summed E-state index contributed by atoms with van der Waals surface area (Å²) < 4.78 is 0. The Labute approximate surface area is 143 Å². The first-order chi connectivity index (χ1) is 11.1. The number of thiazole rings is 1. The Morgan fingerprint density at radius 1 is 1.22 bits per heavy atom. The maximum atomic E-state index is 4.57. The molecule has 1 atom stereocenters. The molecule has 5 heteroatoms. The van der Waals surface area contributed by atoms with E-state index in [4.69, 9.17) is 0 Å². The summed E-state index contributed by atoms with van der Waals surface area (Å²) in [5, 5.41) is 7.93. The second kappa shape index (κ2) is 8.67. The van der Waals surface area contributed by atoms with Crippen LogP contribution < -0.4 is 10.6 Å². The van der Waals surface area contributed by atoms with E-state index in [9.17, 15) is 0 Å². The van der Waals surface area contributed by atoms with Crippen molar-refractivity contribution in [3.05, 3.63) is 51.5 Å². The molecule has 1 aromatic heterocycles. The summed E-state index contributed by atoms with van der Waals surface area (Å²) in [6.45, 7) is 8.10. The molecule has 0 aliphatic rings. The van der Waals surface area contributed by atoms with Crippen LogP contribution in [0.15, 0.2) is 35.3 Å². The number of hydrogen-bond donors (Lipinski definition) is 2. The van der Waals surface area contributed by atoms with Gasteiger partial charge in [-0.05, 0) is 25.3 Å². The molecule has 0 aliphatic carbocycles. The van der Waals surface area contributed by atoms with Gasteiger partial charge in [0.1, 0.15) is 0 Å². The number of aromatic nitrogens is 1. The number of nitrogens with zero attached hydrogens (tertiary/aromatic N) is 2. The minimum absolute atomic E-state index is 0.444. The number of nitrogens with one attached hydrogen (secondary N) is 2. The number of aliphatic imine (C=N–C) groups is 1. The van der Waals surface area contributed by atoms with Gasteiger partial charge in [0.15, 0.2) is 5.96 Å². The zero-order valence-electron chi connectivity index (χ0n) is 14.4. The first-order valence-electron chi connectivity index (χ1n) is 8.02. The van der Waals surface area contributed by atoms with Crippen molar-refractivity contribution in [3.8, 4) is 0 Å². The topological polar surface area (TPSA) is 49.3 Å². The molecule has 1 unspecified atom stereocenters. The average molecular weight is 331 g/mol. The smallest absolute Gasteiger partial charge is 0.191 e. The highest BCUT2D eigenvalue weighted by Crippen LogP contribution is 2.16. The van der Waals surface area contributed by atoms with Gasteiger partial charge >= 0.3 is 0 Å². The van der Waals surface area contributed by atoms with Crippen LogP contribution in [-0.2, 0) is 6.42 Å². The molecule has 4 nitrogen and oxygen atoms in total. The van der Waals surface area contributed by atoms with E-state index in [1.807, 2.05) is 6.07 Å². The van der Waals surface area contributed by atoms with Crippen LogP contribution in [0.1, 0.15) is 34.0 Å². The summed E-state index contributed by atoms with van der Waals surface area (Å²) in [5.74, 6) is 1.29. The molecule has 0 amide bonds. The third kappa shape index (κ3) is 5.36. The molecular weight excluding hydrogens is 304 g/mol. The summed E-state index contributed by atoms with van der Waals surface area (Å²) in [7, 11) is 1.81. The lowest BCUT2D eigenvalue weighted by atomic mass is 10.0. The highest BCUT2D eigenvalue weighted by atomic mass is 32.1. The quantitative estimate of drug-likeness (QED) is 0.631. The number of rotatable bonds is 6. The molecule has 0 saturated carbocycles. The third-order valence-corrected chi connectivity index (χ3v) is 5.00. The van der Waals surface area contributed by atoms with Gasteiger partial charge in [-0.2, -0.15) is 0 Å². The van der Waals surface area contributed by atoms with Crippen molar-refractivity contribution in [1.29, 1.82) is 0 Å². The highest BCUT2D eigenvalue weighted by molar-refractivity contribution is 7.11. The maximum Gasteiger partial charge on any atom is 0.191 e. The molecule has 1 heterocycles. The van der Waals surface area contributed by atoms with E-state index < -0.39 is 0 Å². The first kappa shape index (κ1) is 17.5. The Morgan fingerprint density at radius 2 is 1.96 bits per heavy atom. The predicted octanol–water partition coefficient (Wildman–Crippen LogP) is 3.27. The number of benzene rings is 1. The summed E-state index contributed by atoms with van der Waals surface area (Å²) in [6, 6.07) is 10.5. The van der Waals surface area contributed by atoms with Gasteiger partial charge in [0.25, 0.3) is 0 Å². The van der Waals surface area contributed by atoms with Gasteiger partial charge < -0.3 is 10.6 Å². The molecule has 0 radical (unpaired) electrons. The molecule has 2 rings (SSSR count). The fourth-order valence-corrected chi connectivity index (χ4v) is 3.24. The van der Waals surface area contributed by atoms with Gasteiger partial charge in [-0.1, -0.05) is 37.3 Å². The fraction of sp³-hybridized carbons (Fsp3) is 0.444. The van der Waals surface area contributed by atoms with E-state index in [1.54, 1.807) is 18.4 Å². The molecule has 23 heavy (non-hydrogen) atoms. The van der Waals surface area contributed by atoms with E-state index in [1.165, 1.54) is 15.4 Å². The van der Waals surface area contributed by atoms with Crippen molar-refractivity contribution >= 4 is 17.3 Å². The molecule has 0 aliphatic heterocycles. The first-order valence-corrected chi connectivity index (χ1v) is 8.84. The van der Waals surface area contributed by atoms with Gasteiger partial charge in [-0.25, -0.2) is 4.98 Å². The summed E-state index contributed by atoms with van der Waals surface area (Å²) in [4.78, 5) is 10.2. The Hall–Kier alpha value is -1.88. The van der Waals surface area contributed by atoms with Crippen molar-refractivity contribution in [1.82, 2.24) is 15.6 Å². The van der Waals surface area contributed by atoms with E-state index in [2.05, 4.69) is 65.6 Å². The Kier molecular flexibility index (Phi) is 6.59. The monoisotopic (exact) mass is 330 g/mol. The standard InChI is InChI=1S/C18H26N4S/c1-13(16-8-6-5-7-9-16)12-21-18(19-4)20-11-10-17-22-14(2)15(3)23-17/h5-9,13H,10-12H2,1-4H3,(H2,19,20,21).